The van der Waals surface area contributed by atoms with E-state index >= 15 is 0 Å². The Kier molecular flexibility index (Phi) is 8.62. The average Bonchev–Trinajstić information content (AvgIpc) is 2.69. The van der Waals surface area contributed by atoms with Crippen LogP contribution in [0.4, 0.5) is 0 Å². The number of aliphatic carboxylic acids is 1. The normalized spacial score (nSPS) is 18.6. The van der Waals surface area contributed by atoms with Crippen LogP contribution in [0.5, 0.6) is 0 Å². The number of carboxylic acid groups (broad SMARTS) is 1. The molecular formula is C14H19Cl2NO3. The molecule has 0 saturated carbocycles. The molecule has 0 aromatic heterocycles. The Morgan fingerprint density at radius 2 is 2.00 bits per heavy atom. The Labute approximate surface area is 129 Å². The van der Waals surface area contributed by atoms with Gasteiger partial charge in [0.1, 0.15) is 0 Å². The van der Waals surface area contributed by atoms with Gasteiger partial charge in [-0.3, -0.25) is 4.79 Å². The van der Waals surface area contributed by atoms with Crippen LogP contribution in [0.2, 0.25) is 10.0 Å². The molecule has 6 heteroatoms. The van der Waals surface area contributed by atoms with E-state index in [9.17, 15) is 4.79 Å². The maximum absolute atomic E-state index is 10.3. The number of rotatable bonds is 3. The molecule has 0 radical (unpaired) electrons. The minimum atomic E-state index is -0.723. The molecule has 0 spiro atoms. The maximum Gasteiger partial charge on any atom is 0.303 e. The zero-order valence-electron chi connectivity index (χ0n) is 11.1. The lowest BCUT2D eigenvalue weighted by molar-refractivity contribution is -0.137. The monoisotopic (exact) mass is 319 g/mol. The number of carbonyl (C=O) groups is 1. The first-order valence-corrected chi connectivity index (χ1v) is 7.25. The quantitative estimate of drug-likeness (QED) is 0.898. The fourth-order valence-electron chi connectivity index (χ4n) is 1.71. The van der Waals surface area contributed by atoms with E-state index in [-0.39, 0.29) is 6.42 Å². The predicted octanol–water partition coefficient (Wildman–Crippen LogP) is 3.08. The summed E-state index contributed by atoms with van der Waals surface area (Å²) in [5.41, 5.74) is 0. The molecule has 0 amide bonds. The second-order valence-corrected chi connectivity index (χ2v) is 5.31. The molecule has 2 rings (SSSR count). The minimum absolute atomic E-state index is 0.246. The molecule has 1 fully saturated rings. The highest BCUT2D eigenvalue weighted by Gasteiger charge is 2.13. The molecule has 1 unspecified atom stereocenters. The van der Waals surface area contributed by atoms with E-state index in [0.29, 0.717) is 29.0 Å². The van der Waals surface area contributed by atoms with E-state index in [4.69, 9.17) is 33.0 Å². The summed E-state index contributed by atoms with van der Waals surface area (Å²) in [6.07, 6.45) is 0.956. The Morgan fingerprint density at radius 3 is 2.55 bits per heavy atom. The number of hydrogen-bond donors (Lipinski definition) is 2. The highest BCUT2D eigenvalue weighted by Crippen LogP contribution is 2.19. The molecule has 1 atom stereocenters. The van der Waals surface area contributed by atoms with Crippen molar-refractivity contribution in [3.05, 3.63) is 34.3 Å². The lowest BCUT2D eigenvalue weighted by atomic mass is 10.0. The van der Waals surface area contributed by atoms with E-state index in [2.05, 4.69) is 5.32 Å². The zero-order valence-corrected chi connectivity index (χ0v) is 12.7. The van der Waals surface area contributed by atoms with Crippen molar-refractivity contribution in [2.24, 2.45) is 5.92 Å². The largest absolute Gasteiger partial charge is 0.481 e. The third-order valence-corrected chi connectivity index (χ3v) is 3.56. The van der Waals surface area contributed by atoms with Crippen LogP contribution < -0.4 is 5.32 Å². The molecule has 1 aromatic rings. The first-order chi connectivity index (χ1) is 9.59. The van der Waals surface area contributed by atoms with E-state index in [1.807, 2.05) is 12.1 Å². The summed E-state index contributed by atoms with van der Waals surface area (Å²) in [6, 6.07) is 7.19. The lowest BCUT2D eigenvalue weighted by Crippen LogP contribution is -2.23. The highest BCUT2D eigenvalue weighted by atomic mass is 35.5. The van der Waals surface area contributed by atoms with Crippen LogP contribution >= 0.6 is 23.2 Å². The maximum atomic E-state index is 10.3. The SMILES string of the molecule is Clc1ccccc1Cl.O=C(O)CCC1CNCCOC1. The fourth-order valence-corrected chi connectivity index (χ4v) is 1.98. The molecule has 1 aliphatic rings. The summed E-state index contributed by atoms with van der Waals surface area (Å²) >= 11 is 11.2. The smallest absolute Gasteiger partial charge is 0.303 e. The Morgan fingerprint density at radius 1 is 1.35 bits per heavy atom. The summed E-state index contributed by atoms with van der Waals surface area (Å²) < 4.78 is 5.28. The average molecular weight is 320 g/mol. The second kappa shape index (κ2) is 10.00. The molecule has 1 saturated heterocycles. The number of halogens is 2. The molecule has 112 valence electrons. The van der Waals surface area contributed by atoms with Crippen LogP contribution in [-0.4, -0.2) is 37.4 Å². The summed E-state index contributed by atoms with van der Waals surface area (Å²) in [7, 11) is 0. The number of carboxylic acids is 1. The Hall–Kier alpha value is -0.810. The van der Waals surface area contributed by atoms with E-state index in [1.54, 1.807) is 12.1 Å². The molecular weight excluding hydrogens is 301 g/mol. The fraction of sp³-hybridized carbons (Fsp3) is 0.500. The van der Waals surface area contributed by atoms with Gasteiger partial charge in [0.25, 0.3) is 0 Å². The number of ether oxygens (including phenoxy) is 1. The van der Waals surface area contributed by atoms with E-state index in [1.165, 1.54) is 0 Å². The number of nitrogens with one attached hydrogen (secondary N) is 1. The number of hydrogen-bond acceptors (Lipinski definition) is 3. The van der Waals surface area contributed by atoms with Crippen molar-refractivity contribution in [2.45, 2.75) is 12.8 Å². The molecule has 1 heterocycles. The molecule has 1 aromatic carbocycles. The third kappa shape index (κ3) is 7.70. The van der Waals surface area contributed by atoms with Gasteiger partial charge < -0.3 is 15.2 Å². The van der Waals surface area contributed by atoms with E-state index in [0.717, 1.165) is 19.7 Å². The third-order valence-electron chi connectivity index (χ3n) is 2.80. The molecule has 20 heavy (non-hydrogen) atoms. The second-order valence-electron chi connectivity index (χ2n) is 4.49. The van der Waals surface area contributed by atoms with Crippen molar-refractivity contribution in [2.75, 3.05) is 26.3 Å². The standard InChI is InChI=1S/C8H15NO3.C6H4Cl2/c10-8(11)2-1-7-5-9-3-4-12-6-7;7-5-3-1-2-4-6(5)8/h7,9H,1-6H2,(H,10,11);1-4H. The van der Waals surface area contributed by atoms with Gasteiger partial charge in [0.2, 0.25) is 0 Å². The predicted molar refractivity (Wildman–Crippen MR) is 80.5 cm³/mol. The van der Waals surface area contributed by atoms with Gasteiger partial charge in [-0.1, -0.05) is 35.3 Å². The van der Waals surface area contributed by atoms with Crippen LogP contribution in [0.25, 0.3) is 0 Å². The first kappa shape index (κ1) is 17.2. The lowest BCUT2D eigenvalue weighted by Gasteiger charge is -2.11. The molecule has 1 aliphatic heterocycles. The summed E-state index contributed by atoms with van der Waals surface area (Å²) in [4.78, 5) is 10.3. The van der Waals surface area contributed by atoms with Crippen LogP contribution in [0.3, 0.4) is 0 Å². The van der Waals surface area contributed by atoms with Gasteiger partial charge in [-0.25, -0.2) is 0 Å². The van der Waals surface area contributed by atoms with Gasteiger partial charge in [0.15, 0.2) is 0 Å². The van der Waals surface area contributed by atoms with Gasteiger partial charge in [-0.2, -0.15) is 0 Å². The van der Waals surface area contributed by atoms with Gasteiger partial charge in [-0.05, 0) is 24.5 Å². The highest BCUT2D eigenvalue weighted by molar-refractivity contribution is 6.41. The van der Waals surface area contributed by atoms with Crippen molar-refractivity contribution in [1.82, 2.24) is 5.32 Å². The van der Waals surface area contributed by atoms with Crippen molar-refractivity contribution >= 4 is 29.2 Å². The van der Waals surface area contributed by atoms with Gasteiger partial charge >= 0.3 is 5.97 Å². The van der Waals surface area contributed by atoms with Crippen LogP contribution in [0.15, 0.2) is 24.3 Å². The zero-order chi connectivity index (χ0) is 14.8. The van der Waals surface area contributed by atoms with Crippen molar-refractivity contribution < 1.29 is 14.6 Å². The van der Waals surface area contributed by atoms with Crippen molar-refractivity contribution in [3.63, 3.8) is 0 Å². The molecule has 4 nitrogen and oxygen atoms in total. The molecule has 0 aliphatic carbocycles. The van der Waals surface area contributed by atoms with E-state index < -0.39 is 5.97 Å². The Balaban J connectivity index is 0.000000217. The van der Waals surface area contributed by atoms with Crippen LogP contribution in [0, 0.1) is 5.92 Å². The number of benzene rings is 1. The van der Waals surface area contributed by atoms with Gasteiger partial charge in [0, 0.05) is 19.5 Å². The van der Waals surface area contributed by atoms with Crippen molar-refractivity contribution in [1.29, 1.82) is 0 Å². The minimum Gasteiger partial charge on any atom is -0.481 e. The molecule has 2 N–H and O–H groups in total. The molecule has 0 bridgehead atoms. The first-order valence-electron chi connectivity index (χ1n) is 6.50. The Bertz CT molecular complexity index is 386. The summed E-state index contributed by atoms with van der Waals surface area (Å²) in [6.45, 7) is 3.20. The van der Waals surface area contributed by atoms with Gasteiger partial charge in [0.05, 0.1) is 23.3 Å². The van der Waals surface area contributed by atoms with Crippen molar-refractivity contribution in [3.8, 4) is 0 Å². The van der Waals surface area contributed by atoms with Gasteiger partial charge in [-0.15, -0.1) is 0 Å². The topological polar surface area (TPSA) is 58.6 Å². The summed E-state index contributed by atoms with van der Waals surface area (Å²) in [5.74, 6) is -0.358. The summed E-state index contributed by atoms with van der Waals surface area (Å²) in [5, 5.41) is 12.9. The van der Waals surface area contributed by atoms with Crippen LogP contribution in [0.1, 0.15) is 12.8 Å². The van der Waals surface area contributed by atoms with Crippen LogP contribution in [-0.2, 0) is 9.53 Å².